The maximum atomic E-state index is 13.4. The molecule has 0 saturated carbocycles. The third-order valence-electron chi connectivity index (χ3n) is 6.53. The molecule has 2 aromatic carbocycles. The molecule has 1 aliphatic heterocycles. The molecule has 35 heavy (non-hydrogen) atoms. The van der Waals surface area contributed by atoms with Crippen molar-refractivity contribution >= 4 is 34.2 Å². The standard InChI is InChI=1S/C28H27ClN4O2/c29-21-11-12-22-24(16-21)30-18-23(27(22)34)26(19-8-4-3-5-9-19)32-28(35)20-10-13-25(31-17-20)33-14-6-1-2-7-15-33/h3-5,8-13,16-18,26H,1-2,6-7,14-15H2,(H,30,34)(H,32,35). The van der Waals surface area contributed by atoms with Gasteiger partial charge in [-0.1, -0.05) is 54.8 Å². The van der Waals surface area contributed by atoms with Gasteiger partial charge in [0.1, 0.15) is 5.82 Å². The van der Waals surface area contributed by atoms with Crippen LogP contribution in [0.15, 0.2) is 77.9 Å². The van der Waals surface area contributed by atoms with E-state index in [-0.39, 0.29) is 11.3 Å². The number of hydrogen-bond acceptors (Lipinski definition) is 4. The van der Waals surface area contributed by atoms with Gasteiger partial charge in [0.2, 0.25) is 0 Å². The van der Waals surface area contributed by atoms with E-state index in [2.05, 4.69) is 20.2 Å². The van der Waals surface area contributed by atoms with Crippen molar-refractivity contribution in [2.24, 2.45) is 0 Å². The zero-order valence-electron chi connectivity index (χ0n) is 19.3. The van der Waals surface area contributed by atoms with Gasteiger partial charge in [-0.15, -0.1) is 0 Å². The lowest BCUT2D eigenvalue weighted by Crippen LogP contribution is -2.33. The Kier molecular flexibility index (Phi) is 6.82. The largest absolute Gasteiger partial charge is 0.361 e. The van der Waals surface area contributed by atoms with Crippen LogP contribution in [0, 0.1) is 0 Å². The first-order valence-electron chi connectivity index (χ1n) is 12.0. The quantitative estimate of drug-likeness (QED) is 0.391. The highest BCUT2D eigenvalue weighted by molar-refractivity contribution is 6.31. The molecular formula is C28H27ClN4O2. The van der Waals surface area contributed by atoms with Crippen molar-refractivity contribution in [2.45, 2.75) is 31.7 Å². The summed E-state index contributed by atoms with van der Waals surface area (Å²) in [6, 6.07) is 17.7. The topological polar surface area (TPSA) is 78.1 Å². The molecule has 1 fully saturated rings. The summed E-state index contributed by atoms with van der Waals surface area (Å²) in [5, 5.41) is 4.12. The van der Waals surface area contributed by atoms with Gasteiger partial charge in [-0.05, 0) is 48.7 Å². The SMILES string of the molecule is O=C(NC(c1ccccc1)c1c[nH]c2cc(Cl)ccc2c1=O)c1ccc(N2CCCCCC2)nc1. The Morgan fingerprint density at radius 3 is 2.49 bits per heavy atom. The van der Waals surface area contributed by atoms with Crippen molar-refractivity contribution in [3.63, 3.8) is 0 Å². The number of carbonyl (C=O) groups is 1. The predicted molar refractivity (Wildman–Crippen MR) is 140 cm³/mol. The minimum atomic E-state index is -0.627. The van der Waals surface area contributed by atoms with Crippen LogP contribution in [0.3, 0.4) is 0 Å². The molecular weight excluding hydrogens is 460 g/mol. The van der Waals surface area contributed by atoms with Crippen LogP contribution in [0.2, 0.25) is 5.02 Å². The molecule has 2 aromatic heterocycles. The fourth-order valence-corrected chi connectivity index (χ4v) is 4.80. The summed E-state index contributed by atoms with van der Waals surface area (Å²) in [4.78, 5) is 36.7. The molecule has 0 aliphatic carbocycles. The number of anilines is 1. The van der Waals surface area contributed by atoms with E-state index in [1.54, 1.807) is 36.7 Å². The average Bonchev–Trinajstić information content (AvgIpc) is 3.18. The first-order valence-corrected chi connectivity index (χ1v) is 12.4. The number of nitrogens with zero attached hydrogens (tertiary/aromatic N) is 2. The molecule has 2 N–H and O–H groups in total. The van der Waals surface area contributed by atoms with E-state index in [1.807, 2.05) is 36.4 Å². The van der Waals surface area contributed by atoms with E-state index in [4.69, 9.17) is 11.6 Å². The van der Waals surface area contributed by atoms with Gasteiger partial charge in [-0.25, -0.2) is 4.98 Å². The smallest absolute Gasteiger partial charge is 0.253 e. The molecule has 3 heterocycles. The number of carbonyl (C=O) groups excluding carboxylic acids is 1. The summed E-state index contributed by atoms with van der Waals surface area (Å²) >= 11 is 6.09. The van der Waals surface area contributed by atoms with Crippen LogP contribution >= 0.6 is 11.6 Å². The molecule has 178 valence electrons. The van der Waals surface area contributed by atoms with Gasteiger partial charge in [-0.2, -0.15) is 0 Å². The summed E-state index contributed by atoms with van der Waals surface area (Å²) in [6.45, 7) is 1.98. The number of nitrogens with one attached hydrogen (secondary N) is 2. The van der Waals surface area contributed by atoms with Crippen molar-refractivity contribution in [1.29, 1.82) is 0 Å². The molecule has 4 aromatic rings. The number of H-pyrrole nitrogens is 1. The van der Waals surface area contributed by atoms with Crippen LogP contribution < -0.4 is 15.6 Å². The van der Waals surface area contributed by atoms with Gasteiger partial charge < -0.3 is 15.2 Å². The van der Waals surface area contributed by atoms with Crippen LogP contribution in [-0.4, -0.2) is 29.0 Å². The second-order valence-corrected chi connectivity index (χ2v) is 9.32. The second kappa shape index (κ2) is 10.3. The Labute approximate surface area is 209 Å². The third kappa shape index (κ3) is 5.08. The van der Waals surface area contributed by atoms with Crippen LogP contribution in [0.25, 0.3) is 10.9 Å². The molecule has 6 nitrogen and oxygen atoms in total. The van der Waals surface area contributed by atoms with Gasteiger partial charge in [0.15, 0.2) is 5.43 Å². The number of pyridine rings is 2. The lowest BCUT2D eigenvalue weighted by atomic mass is 9.98. The van der Waals surface area contributed by atoms with Crippen molar-refractivity contribution in [1.82, 2.24) is 15.3 Å². The first-order chi connectivity index (χ1) is 17.1. The van der Waals surface area contributed by atoms with Crippen LogP contribution in [-0.2, 0) is 0 Å². The zero-order chi connectivity index (χ0) is 24.2. The van der Waals surface area contributed by atoms with E-state index in [9.17, 15) is 9.59 Å². The Morgan fingerprint density at radius 2 is 1.77 bits per heavy atom. The highest BCUT2D eigenvalue weighted by Gasteiger charge is 2.22. The molecule has 1 atom stereocenters. The van der Waals surface area contributed by atoms with Crippen LogP contribution in [0.1, 0.15) is 53.2 Å². The van der Waals surface area contributed by atoms with Crippen LogP contribution in [0.4, 0.5) is 5.82 Å². The molecule has 0 bridgehead atoms. The summed E-state index contributed by atoms with van der Waals surface area (Å²) in [5.74, 6) is 0.608. The number of aromatic nitrogens is 2. The maximum absolute atomic E-state index is 13.4. The summed E-state index contributed by atoms with van der Waals surface area (Å²) in [6.07, 6.45) is 8.09. The highest BCUT2D eigenvalue weighted by Crippen LogP contribution is 2.23. The molecule has 1 aliphatic rings. The number of hydrogen-bond donors (Lipinski definition) is 2. The number of fused-ring (bicyclic) bond motifs is 1. The van der Waals surface area contributed by atoms with Gasteiger partial charge >= 0.3 is 0 Å². The number of benzene rings is 2. The minimum absolute atomic E-state index is 0.154. The van der Waals surface area contributed by atoms with Crippen molar-refractivity contribution in [3.05, 3.63) is 105 Å². The van der Waals surface area contributed by atoms with Crippen molar-refractivity contribution in [3.8, 4) is 0 Å². The van der Waals surface area contributed by atoms with Crippen molar-refractivity contribution < 1.29 is 4.79 Å². The Balaban J connectivity index is 1.45. The molecule has 0 spiro atoms. The zero-order valence-corrected chi connectivity index (χ0v) is 20.1. The Hall–Kier alpha value is -3.64. The monoisotopic (exact) mass is 486 g/mol. The molecule has 5 rings (SSSR count). The predicted octanol–water partition coefficient (Wildman–Crippen LogP) is 5.48. The molecule has 1 amide bonds. The summed E-state index contributed by atoms with van der Waals surface area (Å²) in [5.41, 5.74) is 2.22. The van der Waals surface area contributed by atoms with E-state index in [0.29, 0.717) is 27.1 Å². The molecule has 0 radical (unpaired) electrons. The fourth-order valence-electron chi connectivity index (χ4n) is 4.63. The lowest BCUT2D eigenvalue weighted by Gasteiger charge is -2.22. The number of halogens is 1. The van der Waals surface area contributed by atoms with E-state index >= 15 is 0 Å². The Bertz CT molecular complexity index is 1380. The molecule has 1 unspecified atom stereocenters. The Morgan fingerprint density at radius 1 is 1.00 bits per heavy atom. The second-order valence-electron chi connectivity index (χ2n) is 8.89. The third-order valence-corrected chi connectivity index (χ3v) is 6.77. The molecule has 1 saturated heterocycles. The van der Waals surface area contributed by atoms with Crippen molar-refractivity contribution in [2.75, 3.05) is 18.0 Å². The van der Waals surface area contributed by atoms with E-state index in [1.165, 1.54) is 12.8 Å². The highest BCUT2D eigenvalue weighted by atomic mass is 35.5. The van der Waals surface area contributed by atoms with Crippen LogP contribution in [0.5, 0.6) is 0 Å². The first kappa shape index (κ1) is 23.1. The summed E-state index contributed by atoms with van der Waals surface area (Å²) in [7, 11) is 0. The molecule has 7 heteroatoms. The van der Waals surface area contributed by atoms with E-state index < -0.39 is 6.04 Å². The van der Waals surface area contributed by atoms with Gasteiger partial charge in [0.05, 0.1) is 17.1 Å². The maximum Gasteiger partial charge on any atom is 0.253 e. The number of amides is 1. The van der Waals surface area contributed by atoms with Gasteiger partial charge in [-0.3, -0.25) is 9.59 Å². The average molecular weight is 487 g/mol. The normalized spacial score (nSPS) is 14.9. The number of rotatable bonds is 5. The van der Waals surface area contributed by atoms with E-state index in [0.717, 1.165) is 37.3 Å². The number of aromatic amines is 1. The van der Waals surface area contributed by atoms with Gasteiger partial charge in [0.25, 0.3) is 5.91 Å². The lowest BCUT2D eigenvalue weighted by molar-refractivity contribution is 0.0942. The minimum Gasteiger partial charge on any atom is -0.361 e. The summed E-state index contributed by atoms with van der Waals surface area (Å²) < 4.78 is 0. The van der Waals surface area contributed by atoms with Gasteiger partial charge in [0, 0.05) is 41.5 Å². The fraction of sp³-hybridized carbons (Fsp3) is 0.250.